The number of carbonyl (C=O) groups is 1. The van der Waals surface area contributed by atoms with Crippen LogP contribution in [-0.4, -0.2) is 39.0 Å². The third kappa shape index (κ3) is 2.93. The molecule has 1 rings (SSSR count). The maximum Gasteiger partial charge on any atom is 0.339 e. The van der Waals surface area contributed by atoms with Crippen molar-refractivity contribution in [3.8, 4) is 17.2 Å². The van der Waals surface area contributed by atoms with Crippen molar-refractivity contribution in [1.82, 2.24) is 0 Å². The van der Waals surface area contributed by atoms with Gasteiger partial charge in [0.1, 0.15) is 0 Å². The number of hydrogen-bond acceptors (Lipinski definition) is 6. The predicted octanol–water partition coefficient (Wildman–Crippen LogP) is 1.45. The second-order valence-electron chi connectivity index (χ2n) is 3.70. The van der Waals surface area contributed by atoms with E-state index in [1.54, 1.807) is 6.92 Å². The summed E-state index contributed by atoms with van der Waals surface area (Å²) in [7, 11) is 3.83. The molecule has 0 radical (unpaired) electrons. The van der Waals surface area contributed by atoms with E-state index in [0.29, 0.717) is 0 Å². The molecule has 112 valence electrons. The molecule has 1 aromatic rings. The fraction of sp³-hybridized carbons (Fsp3) is 0.462. The maximum atomic E-state index is 13.9. The number of hydrogen-bond donors (Lipinski definition) is 1. The molecule has 1 aromatic carbocycles. The second-order valence-corrected chi connectivity index (χ2v) is 3.70. The van der Waals surface area contributed by atoms with Crippen molar-refractivity contribution in [2.45, 2.75) is 13.0 Å². The summed E-state index contributed by atoms with van der Waals surface area (Å²) in [5.41, 5.74) is -0.176. The van der Waals surface area contributed by atoms with Gasteiger partial charge in [-0.3, -0.25) is 0 Å². The van der Waals surface area contributed by atoms with Crippen LogP contribution in [0.5, 0.6) is 17.2 Å². The Kier molecular flexibility index (Phi) is 5.57. The summed E-state index contributed by atoms with van der Waals surface area (Å²) < 4.78 is 33.5. The fourth-order valence-corrected chi connectivity index (χ4v) is 1.77. The molecule has 0 aliphatic rings. The van der Waals surface area contributed by atoms with E-state index in [1.165, 1.54) is 21.3 Å². The summed E-state index contributed by atoms with van der Waals surface area (Å²) >= 11 is 0. The molecule has 0 fully saturated rings. The molecule has 0 amide bonds. The van der Waals surface area contributed by atoms with Gasteiger partial charge >= 0.3 is 5.97 Å². The highest BCUT2D eigenvalue weighted by Crippen LogP contribution is 2.43. The second kappa shape index (κ2) is 6.95. The first kappa shape index (κ1) is 16.0. The van der Waals surface area contributed by atoms with Gasteiger partial charge in [0.05, 0.1) is 33.5 Å². The van der Waals surface area contributed by atoms with Crippen molar-refractivity contribution in [3.05, 3.63) is 17.4 Å². The highest BCUT2D eigenvalue weighted by Gasteiger charge is 2.31. The van der Waals surface area contributed by atoms with Crippen molar-refractivity contribution >= 4 is 5.97 Å². The van der Waals surface area contributed by atoms with Gasteiger partial charge in [0.25, 0.3) is 0 Å². The van der Waals surface area contributed by atoms with E-state index in [2.05, 4.69) is 0 Å². The molecule has 0 saturated heterocycles. The molecule has 0 bridgehead atoms. The Hall–Kier alpha value is -2.02. The summed E-state index contributed by atoms with van der Waals surface area (Å²) in [5.74, 6) is -1.99. The maximum absolute atomic E-state index is 13.9. The largest absolute Gasteiger partial charge is 0.493 e. The van der Waals surface area contributed by atoms with Gasteiger partial charge in [-0.05, 0) is 6.92 Å². The van der Waals surface area contributed by atoms with Crippen LogP contribution in [0, 0.1) is 5.82 Å². The van der Waals surface area contributed by atoms with Crippen LogP contribution in [-0.2, 0) is 9.53 Å². The summed E-state index contributed by atoms with van der Waals surface area (Å²) in [6.07, 6.45) is -1.75. The molecule has 1 N–H and O–H groups in total. The summed E-state index contributed by atoms with van der Waals surface area (Å²) in [6, 6.07) is 1.04. The Labute approximate surface area is 116 Å². The number of aliphatic hydroxyl groups excluding tert-OH is 1. The first-order valence-corrected chi connectivity index (χ1v) is 5.84. The third-order valence-corrected chi connectivity index (χ3v) is 2.60. The number of carbonyl (C=O) groups excluding carboxylic acids is 1. The van der Waals surface area contributed by atoms with Crippen LogP contribution in [0.1, 0.15) is 18.6 Å². The molecule has 6 nitrogen and oxygen atoms in total. The molecule has 20 heavy (non-hydrogen) atoms. The van der Waals surface area contributed by atoms with Crippen LogP contribution in [0.15, 0.2) is 6.07 Å². The summed E-state index contributed by atoms with van der Waals surface area (Å²) in [4.78, 5) is 11.6. The van der Waals surface area contributed by atoms with E-state index in [-0.39, 0.29) is 29.4 Å². The molecule has 0 spiro atoms. The van der Waals surface area contributed by atoms with Crippen LogP contribution in [0.3, 0.4) is 0 Å². The molecule has 0 heterocycles. The van der Waals surface area contributed by atoms with Crippen molar-refractivity contribution in [2.24, 2.45) is 0 Å². The Bertz CT molecular complexity index is 488. The minimum absolute atomic E-state index is 0.00584. The number of rotatable bonds is 6. The molecule has 7 heteroatoms. The molecule has 1 atom stereocenters. The lowest BCUT2D eigenvalue weighted by molar-refractivity contribution is -0.153. The summed E-state index contributed by atoms with van der Waals surface area (Å²) in [6.45, 7) is 1.66. The van der Waals surface area contributed by atoms with Crippen LogP contribution in [0.2, 0.25) is 0 Å². The lowest BCUT2D eigenvalue weighted by Gasteiger charge is -2.19. The molecule has 0 aliphatic heterocycles. The first-order chi connectivity index (χ1) is 9.51. The zero-order valence-corrected chi connectivity index (χ0v) is 11.7. The molecule has 0 saturated carbocycles. The van der Waals surface area contributed by atoms with Crippen LogP contribution in [0.25, 0.3) is 0 Å². The Balaban J connectivity index is 3.47. The number of esters is 1. The average Bonchev–Trinajstić information content (AvgIpc) is 2.45. The van der Waals surface area contributed by atoms with Crippen molar-refractivity contribution in [3.63, 3.8) is 0 Å². The Morgan fingerprint density at radius 2 is 1.85 bits per heavy atom. The fourth-order valence-electron chi connectivity index (χ4n) is 1.77. The zero-order valence-electron chi connectivity index (χ0n) is 11.7. The van der Waals surface area contributed by atoms with Crippen molar-refractivity contribution in [2.75, 3.05) is 27.9 Å². The molecular formula is C13H17FO6. The third-order valence-electron chi connectivity index (χ3n) is 2.60. The van der Waals surface area contributed by atoms with E-state index in [1.807, 2.05) is 0 Å². The van der Waals surface area contributed by atoms with Crippen molar-refractivity contribution in [1.29, 1.82) is 0 Å². The number of aliphatic hydroxyl groups is 1. The quantitative estimate of drug-likeness (QED) is 0.799. The van der Waals surface area contributed by atoms with Gasteiger partial charge in [0, 0.05) is 6.07 Å². The summed E-state index contributed by atoms with van der Waals surface area (Å²) in [5, 5.41) is 10.0. The SMILES string of the molecule is CCOC(=O)C(O)c1c(OC)c(F)cc(OC)c1OC. The Morgan fingerprint density at radius 1 is 1.25 bits per heavy atom. The van der Waals surface area contributed by atoms with E-state index < -0.39 is 17.9 Å². The average molecular weight is 288 g/mol. The number of ether oxygens (including phenoxy) is 4. The predicted molar refractivity (Wildman–Crippen MR) is 67.6 cm³/mol. The topological polar surface area (TPSA) is 74.2 Å². The normalized spacial score (nSPS) is 11.7. The monoisotopic (exact) mass is 288 g/mol. The van der Waals surface area contributed by atoms with Gasteiger partial charge in [0.15, 0.2) is 29.2 Å². The Morgan fingerprint density at radius 3 is 2.30 bits per heavy atom. The van der Waals surface area contributed by atoms with Gasteiger partial charge in [0.2, 0.25) is 0 Å². The molecule has 0 aromatic heterocycles. The van der Waals surface area contributed by atoms with Gasteiger partial charge < -0.3 is 24.1 Å². The molecular weight excluding hydrogens is 271 g/mol. The van der Waals surface area contributed by atoms with Crippen LogP contribution >= 0.6 is 0 Å². The zero-order chi connectivity index (χ0) is 15.3. The number of methoxy groups -OCH3 is 3. The standard InChI is InChI=1S/C13H17FO6/c1-5-20-13(16)10(15)9-11(18-3)7(14)6-8(17-2)12(9)19-4/h6,10,15H,5H2,1-4H3. The highest BCUT2D eigenvalue weighted by atomic mass is 19.1. The number of benzene rings is 1. The first-order valence-electron chi connectivity index (χ1n) is 5.84. The van der Waals surface area contributed by atoms with E-state index in [9.17, 15) is 14.3 Å². The lowest BCUT2D eigenvalue weighted by Crippen LogP contribution is -2.18. The van der Waals surface area contributed by atoms with E-state index in [0.717, 1.165) is 6.07 Å². The van der Waals surface area contributed by atoms with Crippen LogP contribution in [0.4, 0.5) is 4.39 Å². The van der Waals surface area contributed by atoms with Crippen LogP contribution < -0.4 is 14.2 Å². The lowest BCUT2D eigenvalue weighted by atomic mass is 10.1. The molecule has 0 aliphatic carbocycles. The minimum atomic E-state index is -1.75. The van der Waals surface area contributed by atoms with Gasteiger partial charge in [-0.15, -0.1) is 0 Å². The smallest absolute Gasteiger partial charge is 0.339 e. The highest BCUT2D eigenvalue weighted by molar-refractivity contribution is 5.79. The van der Waals surface area contributed by atoms with E-state index >= 15 is 0 Å². The minimum Gasteiger partial charge on any atom is -0.493 e. The molecule has 1 unspecified atom stereocenters. The van der Waals surface area contributed by atoms with Crippen molar-refractivity contribution < 1.29 is 33.2 Å². The van der Waals surface area contributed by atoms with Gasteiger partial charge in [-0.2, -0.15) is 0 Å². The van der Waals surface area contributed by atoms with E-state index in [4.69, 9.17) is 18.9 Å². The van der Waals surface area contributed by atoms with Gasteiger partial charge in [-0.1, -0.05) is 0 Å². The van der Waals surface area contributed by atoms with Gasteiger partial charge in [-0.25, -0.2) is 9.18 Å². The number of halogens is 1.